The fraction of sp³-hybridized carbons (Fsp3) is 0.812. The van der Waals surface area contributed by atoms with Gasteiger partial charge in [-0.05, 0) is 32.2 Å². The molecule has 0 aliphatic carbocycles. The first-order chi connectivity index (χ1) is 9.35. The van der Waals surface area contributed by atoms with Gasteiger partial charge in [0.1, 0.15) is 5.76 Å². The molecule has 0 aromatic carbocycles. The number of aryl methyl sites for hydroxylation is 2. The largest absolute Gasteiger partial charge is 0.361 e. The number of aromatic nitrogens is 1. The summed E-state index contributed by atoms with van der Waals surface area (Å²) < 4.78 is 5.25. The molecular weight excluding hydrogens is 250 g/mol. The van der Waals surface area contributed by atoms with Gasteiger partial charge in [0.05, 0.1) is 5.69 Å². The summed E-state index contributed by atoms with van der Waals surface area (Å²) in [5.41, 5.74) is 2.75. The maximum Gasteiger partial charge on any atom is 0.138 e. The van der Waals surface area contributed by atoms with Crippen LogP contribution in [0.15, 0.2) is 4.52 Å². The third-order valence-corrected chi connectivity index (χ3v) is 4.21. The quantitative estimate of drug-likeness (QED) is 0.848. The predicted molar refractivity (Wildman–Crippen MR) is 81.8 cm³/mol. The zero-order chi connectivity index (χ0) is 14.8. The fourth-order valence-corrected chi connectivity index (χ4v) is 2.62. The van der Waals surface area contributed by atoms with Gasteiger partial charge in [0.25, 0.3) is 0 Å². The Labute approximate surface area is 123 Å². The van der Waals surface area contributed by atoms with Crippen molar-refractivity contribution in [1.29, 1.82) is 0 Å². The summed E-state index contributed by atoms with van der Waals surface area (Å²) in [5, 5.41) is 4.04. The van der Waals surface area contributed by atoms with Crippen LogP contribution in [0.1, 0.15) is 44.2 Å². The summed E-state index contributed by atoms with van der Waals surface area (Å²) >= 11 is 0. The molecule has 0 amide bonds. The standard InChI is InChI=1S/C16H29N3O/c1-13-15(14(2)20-17-13)12-19-10-8-18(9-11-19)7-6-16(3,4)5/h6-12H2,1-5H3. The summed E-state index contributed by atoms with van der Waals surface area (Å²) in [6.07, 6.45) is 1.27. The highest BCUT2D eigenvalue weighted by atomic mass is 16.5. The molecule has 0 unspecified atom stereocenters. The lowest BCUT2D eigenvalue weighted by molar-refractivity contribution is 0.116. The van der Waals surface area contributed by atoms with E-state index in [1.54, 1.807) is 0 Å². The second-order valence-corrected chi connectivity index (χ2v) is 7.23. The maximum absolute atomic E-state index is 5.25. The second-order valence-electron chi connectivity index (χ2n) is 7.23. The van der Waals surface area contributed by atoms with E-state index < -0.39 is 0 Å². The van der Waals surface area contributed by atoms with Crippen LogP contribution in [0.25, 0.3) is 0 Å². The van der Waals surface area contributed by atoms with Crippen molar-refractivity contribution in [3.63, 3.8) is 0 Å². The van der Waals surface area contributed by atoms with Crippen LogP contribution in [-0.2, 0) is 6.54 Å². The zero-order valence-corrected chi connectivity index (χ0v) is 13.7. The Bertz CT molecular complexity index is 406. The molecule has 1 aromatic heterocycles. The van der Waals surface area contributed by atoms with Crippen LogP contribution in [0.2, 0.25) is 0 Å². The minimum Gasteiger partial charge on any atom is -0.361 e. The van der Waals surface area contributed by atoms with Crippen molar-refractivity contribution < 1.29 is 4.52 Å². The molecule has 1 aliphatic rings. The Kier molecular flexibility index (Phi) is 4.86. The van der Waals surface area contributed by atoms with Gasteiger partial charge in [-0.3, -0.25) is 4.90 Å². The average Bonchev–Trinajstić information content (AvgIpc) is 2.69. The molecule has 20 heavy (non-hydrogen) atoms. The Hall–Kier alpha value is -0.870. The number of rotatable bonds is 4. The van der Waals surface area contributed by atoms with Crippen LogP contribution in [-0.4, -0.2) is 47.7 Å². The first-order valence-electron chi connectivity index (χ1n) is 7.71. The van der Waals surface area contributed by atoms with E-state index in [0.717, 1.165) is 31.1 Å². The van der Waals surface area contributed by atoms with E-state index in [-0.39, 0.29) is 0 Å². The molecule has 0 atom stereocenters. The lowest BCUT2D eigenvalue weighted by atomic mass is 9.92. The third kappa shape index (κ3) is 4.32. The van der Waals surface area contributed by atoms with E-state index in [2.05, 4.69) is 35.7 Å². The van der Waals surface area contributed by atoms with Crippen LogP contribution in [0.3, 0.4) is 0 Å². The van der Waals surface area contributed by atoms with E-state index in [9.17, 15) is 0 Å². The van der Waals surface area contributed by atoms with Crippen molar-refractivity contribution in [3.05, 3.63) is 17.0 Å². The lowest BCUT2D eigenvalue weighted by Gasteiger charge is -2.35. The molecule has 1 fully saturated rings. The monoisotopic (exact) mass is 279 g/mol. The molecule has 4 nitrogen and oxygen atoms in total. The number of hydrogen-bond donors (Lipinski definition) is 0. The van der Waals surface area contributed by atoms with Gasteiger partial charge in [-0.25, -0.2) is 0 Å². The van der Waals surface area contributed by atoms with Crippen LogP contribution < -0.4 is 0 Å². The van der Waals surface area contributed by atoms with Crippen molar-refractivity contribution in [2.24, 2.45) is 5.41 Å². The molecule has 1 aliphatic heterocycles. The highest BCUT2D eigenvalue weighted by Gasteiger charge is 2.21. The van der Waals surface area contributed by atoms with E-state index in [1.807, 2.05) is 13.8 Å². The van der Waals surface area contributed by atoms with E-state index in [1.165, 1.54) is 31.6 Å². The zero-order valence-electron chi connectivity index (χ0n) is 13.7. The van der Waals surface area contributed by atoms with E-state index in [4.69, 9.17) is 4.52 Å². The number of nitrogens with zero attached hydrogens (tertiary/aromatic N) is 3. The summed E-state index contributed by atoms with van der Waals surface area (Å²) in [6, 6.07) is 0. The van der Waals surface area contributed by atoms with Gasteiger partial charge < -0.3 is 9.42 Å². The van der Waals surface area contributed by atoms with Gasteiger partial charge in [0, 0.05) is 38.3 Å². The lowest BCUT2D eigenvalue weighted by Crippen LogP contribution is -2.46. The molecule has 1 saturated heterocycles. The molecule has 0 bridgehead atoms. The topological polar surface area (TPSA) is 32.5 Å². The highest BCUT2D eigenvalue weighted by molar-refractivity contribution is 5.20. The molecule has 4 heteroatoms. The van der Waals surface area contributed by atoms with Crippen LogP contribution in [0.5, 0.6) is 0 Å². The molecule has 114 valence electrons. The summed E-state index contributed by atoms with van der Waals surface area (Å²) in [4.78, 5) is 5.11. The number of hydrogen-bond acceptors (Lipinski definition) is 4. The fourth-order valence-electron chi connectivity index (χ4n) is 2.62. The Morgan fingerprint density at radius 1 is 1.05 bits per heavy atom. The molecule has 2 rings (SSSR count). The Morgan fingerprint density at radius 2 is 1.65 bits per heavy atom. The molecule has 0 spiro atoms. The first-order valence-corrected chi connectivity index (χ1v) is 7.71. The summed E-state index contributed by atoms with van der Waals surface area (Å²) in [7, 11) is 0. The van der Waals surface area contributed by atoms with Crippen molar-refractivity contribution in [2.75, 3.05) is 32.7 Å². The van der Waals surface area contributed by atoms with Crippen molar-refractivity contribution in [1.82, 2.24) is 15.0 Å². The maximum atomic E-state index is 5.25. The van der Waals surface area contributed by atoms with Crippen LogP contribution in [0, 0.1) is 19.3 Å². The smallest absolute Gasteiger partial charge is 0.138 e. The summed E-state index contributed by atoms with van der Waals surface area (Å²) in [6.45, 7) is 17.9. The molecule has 2 heterocycles. The highest BCUT2D eigenvalue weighted by Crippen LogP contribution is 2.20. The first kappa shape index (κ1) is 15.5. The van der Waals surface area contributed by atoms with Gasteiger partial charge >= 0.3 is 0 Å². The molecule has 0 saturated carbocycles. The molecule has 0 radical (unpaired) electrons. The van der Waals surface area contributed by atoms with E-state index in [0.29, 0.717) is 5.41 Å². The Morgan fingerprint density at radius 3 is 2.15 bits per heavy atom. The van der Waals surface area contributed by atoms with Crippen molar-refractivity contribution in [2.45, 2.75) is 47.6 Å². The minimum absolute atomic E-state index is 0.438. The molecule has 1 aromatic rings. The van der Waals surface area contributed by atoms with Crippen molar-refractivity contribution >= 4 is 0 Å². The predicted octanol–water partition coefficient (Wildman–Crippen LogP) is 2.85. The third-order valence-electron chi connectivity index (χ3n) is 4.21. The molecular formula is C16H29N3O. The van der Waals surface area contributed by atoms with E-state index >= 15 is 0 Å². The average molecular weight is 279 g/mol. The van der Waals surface area contributed by atoms with Gasteiger partial charge in [-0.1, -0.05) is 25.9 Å². The Balaban J connectivity index is 1.77. The summed E-state index contributed by atoms with van der Waals surface area (Å²) in [5.74, 6) is 0.970. The number of piperazine rings is 1. The van der Waals surface area contributed by atoms with Gasteiger partial charge in [-0.15, -0.1) is 0 Å². The van der Waals surface area contributed by atoms with Crippen molar-refractivity contribution in [3.8, 4) is 0 Å². The minimum atomic E-state index is 0.438. The van der Waals surface area contributed by atoms with Gasteiger partial charge in [-0.2, -0.15) is 0 Å². The van der Waals surface area contributed by atoms with Gasteiger partial charge in [0.2, 0.25) is 0 Å². The SMILES string of the molecule is Cc1noc(C)c1CN1CCN(CCC(C)(C)C)CC1. The second kappa shape index (κ2) is 6.27. The van der Waals surface area contributed by atoms with Gasteiger partial charge in [0.15, 0.2) is 0 Å². The van der Waals surface area contributed by atoms with Crippen LogP contribution in [0.4, 0.5) is 0 Å². The molecule has 0 N–H and O–H groups in total. The normalized spacial score (nSPS) is 18.6. The van der Waals surface area contributed by atoms with Crippen LogP contribution >= 0.6 is 0 Å².